The van der Waals surface area contributed by atoms with E-state index in [1.54, 1.807) is 53.9 Å². The quantitative estimate of drug-likeness (QED) is 0.505. The van der Waals surface area contributed by atoms with Crippen LogP contribution in [0.4, 0.5) is 5.69 Å². The molecule has 0 saturated heterocycles. The van der Waals surface area contributed by atoms with Crippen LogP contribution in [0.2, 0.25) is 5.02 Å². The van der Waals surface area contributed by atoms with Crippen molar-refractivity contribution in [2.75, 3.05) is 11.4 Å². The molecular weight excluding hydrogens is 458 g/mol. The number of thiophene rings is 1. The molecule has 3 amide bonds. The monoisotopic (exact) mass is 483 g/mol. The van der Waals surface area contributed by atoms with E-state index in [0.717, 1.165) is 0 Å². The Hall–Kier alpha value is -3.16. The average molecular weight is 484 g/mol. The Labute approximate surface area is 202 Å². The summed E-state index contributed by atoms with van der Waals surface area (Å²) in [4.78, 5) is 41.3. The molecule has 1 heterocycles. The summed E-state index contributed by atoms with van der Waals surface area (Å²) < 4.78 is 0. The summed E-state index contributed by atoms with van der Waals surface area (Å²) in [5.41, 5.74) is 0.631. The van der Waals surface area contributed by atoms with E-state index in [-0.39, 0.29) is 18.4 Å². The number of benzene rings is 2. The van der Waals surface area contributed by atoms with Crippen molar-refractivity contribution in [2.24, 2.45) is 0 Å². The number of carbonyl (C=O) groups is 3. The van der Waals surface area contributed by atoms with E-state index in [1.165, 1.54) is 16.2 Å². The lowest BCUT2D eigenvalue weighted by Crippen LogP contribution is -2.51. The summed E-state index contributed by atoms with van der Waals surface area (Å²) in [5.74, 6) is -1.11. The van der Waals surface area contributed by atoms with Gasteiger partial charge in [0.15, 0.2) is 0 Å². The first kappa shape index (κ1) is 24.5. The molecule has 0 aliphatic carbocycles. The Bertz CT molecular complexity index is 1090. The third-order valence-corrected chi connectivity index (χ3v) is 5.76. The number of hydrogen-bond acceptors (Lipinski definition) is 4. The van der Waals surface area contributed by atoms with Crippen LogP contribution >= 0.6 is 22.9 Å². The number of halogens is 1. The molecule has 0 unspecified atom stereocenters. The van der Waals surface area contributed by atoms with Crippen molar-refractivity contribution in [3.63, 3.8) is 0 Å². The maximum absolute atomic E-state index is 13.5. The largest absolute Gasteiger partial charge is 0.349 e. The molecule has 0 fully saturated rings. The van der Waals surface area contributed by atoms with Crippen LogP contribution in [0.15, 0.2) is 72.1 Å². The second-order valence-corrected chi connectivity index (χ2v) is 9.84. The lowest BCUT2D eigenvalue weighted by Gasteiger charge is -2.34. The molecule has 3 rings (SSSR count). The topological polar surface area (TPSA) is 78.5 Å². The number of amides is 3. The summed E-state index contributed by atoms with van der Waals surface area (Å²) in [6.45, 7) is 5.36. The highest BCUT2D eigenvalue weighted by Gasteiger charge is 2.34. The van der Waals surface area contributed by atoms with Gasteiger partial charge in [-0.25, -0.2) is 0 Å². The molecular formula is C25H26ClN3O3S. The van der Waals surface area contributed by atoms with Crippen LogP contribution in [-0.2, 0) is 9.59 Å². The normalized spacial score (nSPS) is 12.0. The molecule has 0 aliphatic heterocycles. The highest BCUT2D eigenvalue weighted by molar-refractivity contribution is 7.12. The predicted octanol–water partition coefficient (Wildman–Crippen LogP) is 4.82. The van der Waals surface area contributed by atoms with Crippen molar-refractivity contribution in [1.29, 1.82) is 0 Å². The number of carbonyl (C=O) groups excluding carboxylic acids is 3. The van der Waals surface area contributed by atoms with Gasteiger partial charge in [-0.15, -0.1) is 11.3 Å². The first-order valence-electron chi connectivity index (χ1n) is 10.4. The number of nitrogens with zero attached hydrogens (tertiary/aromatic N) is 1. The Morgan fingerprint density at radius 1 is 0.970 bits per heavy atom. The van der Waals surface area contributed by atoms with Crippen molar-refractivity contribution in [2.45, 2.75) is 32.4 Å². The standard InChI is InChI=1S/C25H26ClN3O3S/c1-25(2,3)28-24(32)22(17-8-5-4-6-9-17)29(19-13-11-18(26)12-14-19)21(30)16-27-23(31)20-10-7-15-33-20/h4-15,22H,16H2,1-3H3,(H,27,31)(H,28,32)/t22-/m0/s1. The van der Waals surface area contributed by atoms with Crippen LogP contribution in [0.1, 0.15) is 42.0 Å². The van der Waals surface area contributed by atoms with Gasteiger partial charge in [-0.3, -0.25) is 19.3 Å². The Morgan fingerprint density at radius 2 is 1.64 bits per heavy atom. The van der Waals surface area contributed by atoms with Crippen LogP contribution in [0.3, 0.4) is 0 Å². The van der Waals surface area contributed by atoms with E-state index in [2.05, 4.69) is 10.6 Å². The van der Waals surface area contributed by atoms with E-state index in [0.29, 0.717) is 21.2 Å². The minimum Gasteiger partial charge on any atom is -0.349 e. The Balaban J connectivity index is 1.98. The van der Waals surface area contributed by atoms with E-state index in [1.807, 2.05) is 39.0 Å². The van der Waals surface area contributed by atoms with Gasteiger partial charge in [-0.2, -0.15) is 0 Å². The maximum Gasteiger partial charge on any atom is 0.261 e. The molecule has 6 nitrogen and oxygen atoms in total. The fourth-order valence-corrected chi connectivity index (χ4v) is 4.03. The van der Waals surface area contributed by atoms with E-state index < -0.39 is 17.5 Å². The predicted molar refractivity (Wildman–Crippen MR) is 133 cm³/mol. The minimum atomic E-state index is -0.947. The molecule has 1 aromatic heterocycles. The summed E-state index contributed by atoms with van der Waals surface area (Å²) in [7, 11) is 0. The van der Waals surface area contributed by atoms with Crippen LogP contribution < -0.4 is 15.5 Å². The highest BCUT2D eigenvalue weighted by Crippen LogP contribution is 2.29. The van der Waals surface area contributed by atoms with Gasteiger partial charge >= 0.3 is 0 Å². The van der Waals surface area contributed by atoms with Crippen LogP contribution in [0.25, 0.3) is 0 Å². The zero-order valence-electron chi connectivity index (χ0n) is 18.7. The highest BCUT2D eigenvalue weighted by atomic mass is 35.5. The van der Waals surface area contributed by atoms with Crippen molar-refractivity contribution < 1.29 is 14.4 Å². The molecule has 0 aliphatic rings. The van der Waals surface area contributed by atoms with E-state index in [4.69, 9.17) is 11.6 Å². The Kier molecular flexibility index (Phi) is 7.89. The molecule has 0 radical (unpaired) electrons. The SMILES string of the molecule is CC(C)(C)NC(=O)[C@H](c1ccccc1)N(C(=O)CNC(=O)c1cccs1)c1ccc(Cl)cc1. The molecule has 0 saturated carbocycles. The first-order chi connectivity index (χ1) is 15.7. The van der Waals surface area contributed by atoms with Gasteiger partial charge in [0.2, 0.25) is 11.8 Å². The minimum absolute atomic E-state index is 0.272. The van der Waals surface area contributed by atoms with Crippen molar-refractivity contribution in [3.05, 3.63) is 87.6 Å². The fourth-order valence-electron chi connectivity index (χ4n) is 3.27. The van der Waals surface area contributed by atoms with Crippen LogP contribution in [-0.4, -0.2) is 29.8 Å². The molecule has 8 heteroatoms. The van der Waals surface area contributed by atoms with Gasteiger partial charge in [-0.1, -0.05) is 48.0 Å². The third-order valence-electron chi connectivity index (χ3n) is 4.64. The number of anilines is 1. The van der Waals surface area contributed by atoms with Gasteiger partial charge < -0.3 is 10.6 Å². The van der Waals surface area contributed by atoms with Gasteiger partial charge in [0.25, 0.3) is 5.91 Å². The van der Waals surface area contributed by atoms with Crippen LogP contribution in [0.5, 0.6) is 0 Å². The fraction of sp³-hybridized carbons (Fsp3) is 0.240. The smallest absolute Gasteiger partial charge is 0.261 e. The summed E-state index contributed by atoms with van der Waals surface area (Å²) in [6.07, 6.45) is 0. The van der Waals surface area contributed by atoms with Gasteiger partial charge in [0.1, 0.15) is 6.04 Å². The molecule has 0 bridgehead atoms. The van der Waals surface area contributed by atoms with Crippen molar-refractivity contribution in [3.8, 4) is 0 Å². The van der Waals surface area contributed by atoms with Crippen LogP contribution in [0, 0.1) is 0 Å². The summed E-state index contributed by atoms with van der Waals surface area (Å²) in [6, 6.07) is 18.3. The third kappa shape index (κ3) is 6.66. The molecule has 3 aromatic rings. The van der Waals surface area contributed by atoms with Crippen molar-refractivity contribution in [1.82, 2.24) is 10.6 Å². The molecule has 0 spiro atoms. The van der Waals surface area contributed by atoms with E-state index >= 15 is 0 Å². The average Bonchev–Trinajstić information content (AvgIpc) is 3.31. The maximum atomic E-state index is 13.5. The zero-order valence-corrected chi connectivity index (χ0v) is 20.2. The Morgan fingerprint density at radius 3 is 2.21 bits per heavy atom. The molecule has 1 atom stereocenters. The zero-order chi connectivity index (χ0) is 24.0. The molecule has 172 valence electrons. The number of rotatable bonds is 7. The summed E-state index contributed by atoms with van der Waals surface area (Å²) in [5, 5.41) is 7.94. The van der Waals surface area contributed by atoms with Gasteiger partial charge in [-0.05, 0) is 62.0 Å². The lowest BCUT2D eigenvalue weighted by molar-refractivity contribution is -0.127. The second kappa shape index (κ2) is 10.6. The van der Waals surface area contributed by atoms with E-state index in [9.17, 15) is 14.4 Å². The molecule has 2 N–H and O–H groups in total. The van der Waals surface area contributed by atoms with Gasteiger partial charge in [0, 0.05) is 16.2 Å². The molecule has 33 heavy (non-hydrogen) atoms. The molecule has 2 aromatic carbocycles. The summed E-state index contributed by atoms with van der Waals surface area (Å²) >= 11 is 7.35. The second-order valence-electron chi connectivity index (χ2n) is 8.45. The number of hydrogen-bond donors (Lipinski definition) is 2. The van der Waals surface area contributed by atoms with Gasteiger partial charge in [0.05, 0.1) is 11.4 Å². The lowest BCUT2D eigenvalue weighted by atomic mass is 10.0. The number of nitrogens with one attached hydrogen (secondary N) is 2. The first-order valence-corrected chi connectivity index (χ1v) is 11.7. The van der Waals surface area contributed by atoms with Crippen molar-refractivity contribution >= 4 is 46.3 Å².